The Morgan fingerprint density at radius 1 is 1.30 bits per heavy atom. The van der Waals surface area contributed by atoms with Crippen LogP contribution in [0.15, 0.2) is 24.3 Å². The summed E-state index contributed by atoms with van der Waals surface area (Å²) in [5, 5.41) is 2.98. The molecule has 1 fully saturated rings. The lowest BCUT2D eigenvalue weighted by molar-refractivity contribution is -0.120. The minimum atomic E-state index is -0.0865. The maximum atomic E-state index is 12.3. The number of hydrogen-bond donors (Lipinski definition) is 2. The van der Waals surface area contributed by atoms with E-state index in [1.54, 1.807) is 0 Å². The first-order chi connectivity index (χ1) is 9.51. The van der Waals surface area contributed by atoms with Crippen molar-refractivity contribution in [3.63, 3.8) is 0 Å². The Morgan fingerprint density at radius 3 is 2.35 bits per heavy atom. The van der Waals surface area contributed by atoms with E-state index in [2.05, 4.69) is 24.1 Å². The van der Waals surface area contributed by atoms with Gasteiger partial charge < -0.3 is 11.1 Å². The molecule has 0 saturated carbocycles. The van der Waals surface area contributed by atoms with Gasteiger partial charge in [0.25, 0.3) is 0 Å². The van der Waals surface area contributed by atoms with Crippen LogP contribution in [0.2, 0.25) is 0 Å². The summed E-state index contributed by atoms with van der Waals surface area (Å²) >= 11 is 0. The summed E-state index contributed by atoms with van der Waals surface area (Å²) in [5.41, 5.74) is 7.46. The van der Waals surface area contributed by atoms with Crippen LogP contribution in [0.4, 0.5) is 5.69 Å². The summed E-state index contributed by atoms with van der Waals surface area (Å²) in [7, 11) is 0. The van der Waals surface area contributed by atoms with E-state index in [4.69, 9.17) is 5.73 Å². The van der Waals surface area contributed by atoms with Gasteiger partial charge >= 0.3 is 0 Å². The minimum Gasteiger partial charge on any atom is -0.326 e. The zero-order valence-electron chi connectivity index (χ0n) is 12.6. The van der Waals surface area contributed by atoms with Gasteiger partial charge in [-0.25, -0.2) is 0 Å². The molecule has 4 heteroatoms. The number of rotatable bonds is 4. The summed E-state index contributed by atoms with van der Waals surface area (Å²) < 4.78 is 0. The molecule has 0 bridgehead atoms. The van der Waals surface area contributed by atoms with Gasteiger partial charge in [-0.1, -0.05) is 26.0 Å². The van der Waals surface area contributed by atoms with Crippen molar-refractivity contribution in [3.05, 3.63) is 29.8 Å². The Hall–Kier alpha value is -1.39. The molecule has 3 atom stereocenters. The molecule has 1 aromatic rings. The Morgan fingerprint density at radius 2 is 1.85 bits per heavy atom. The number of carbonyl (C=O) groups is 1. The molecule has 1 aromatic carbocycles. The van der Waals surface area contributed by atoms with Crippen LogP contribution in [-0.4, -0.2) is 29.9 Å². The summed E-state index contributed by atoms with van der Waals surface area (Å²) in [5.74, 6) is 1.38. The molecule has 0 radical (unpaired) electrons. The van der Waals surface area contributed by atoms with E-state index in [9.17, 15) is 4.79 Å². The van der Waals surface area contributed by atoms with E-state index >= 15 is 0 Å². The first-order valence-corrected chi connectivity index (χ1v) is 7.35. The monoisotopic (exact) mass is 275 g/mol. The van der Waals surface area contributed by atoms with Gasteiger partial charge in [-0.3, -0.25) is 9.69 Å². The van der Waals surface area contributed by atoms with Gasteiger partial charge in [0.2, 0.25) is 5.91 Å². The van der Waals surface area contributed by atoms with Crippen molar-refractivity contribution in [2.24, 2.45) is 17.6 Å². The molecule has 3 N–H and O–H groups in total. The van der Waals surface area contributed by atoms with Crippen LogP contribution in [0.25, 0.3) is 0 Å². The number of carbonyl (C=O) groups excluding carboxylic acids is 1. The number of nitrogens with one attached hydrogen (secondary N) is 1. The number of amides is 1. The maximum Gasteiger partial charge on any atom is 0.241 e. The van der Waals surface area contributed by atoms with E-state index in [0.29, 0.717) is 18.4 Å². The second-order valence-electron chi connectivity index (χ2n) is 5.97. The van der Waals surface area contributed by atoms with Crippen LogP contribution in [0, 0.1) is 11.8 Å². The van der Waals surface area contributed by atoms with Crippen molar-refractivity contribution in [3.8, 4) is 0 Å². The van der Waals surface area contributed by atoms with Gasteiger partial charge in [0.15, 0.2) is 0 Å². The second-order valence-corrected chi connectivity index (χ2v) is 5.97. The molecular formula is C16H25N3O. The van der Waals surface area contributed by atoms with Crippen LogP contribution in [0.5, 0.6) is 0 Å². The Kier molecular flexibility index (Phi) is 4.78. The largest absolute Gasteiger partial charge is 0.326 e. The van der Waals surface area contributed by atoms with Crippen LogP contribution in [0.1, 0.15) is 26.3 Å². The van der Waals surface area contributed by atoms with Gasteiger partial charge in [0, 0.05) is 25.3 Å². The molecule has 2 rings (SSSR count). The van der Waals surface area contributed by atoms with Crippen LogP contribution < -0.4 is 11.1 Å². The molecule has 110 valence electrons. The van der Waals surface area contributed by atoms with Gasteiger partial charge in [-0.05, 0) is 36.5 Å². The van der Waals surface area contributed by atoms with E-state index in [-0.39, 0.29) is 11.9 Å². The first kappa shape index (κ1) is 15.0. The number of anilines is 1. The number of nitrogens with zero attached hydrogens (tertiary/aromatic N) is 1. The highest BCUT2D eigenvalue weighted by Gasteiger charge is 2.31. The summed E-state index contributed by atoms with van der Waals surface area (Å²) in [6, 6.07) is 7.61. The lowest BCUT2D eigenvalue weighted by atomic mass is 10.0. The molecule has 1 amide bonds. The predicted molar refractivity (Wildman–Crippen MR) is 82.3 cm³/mol. The molecule has 1 heterocycles. The molecule has 20 heavy (non-hydrogen) atoms. The SMILES string of the molecule is CC1CN(C(C)C(=O)Nc2ccc(CN)cc2)CC1C. The average Bonchev–Trinajstić information content (AvgIpc) is 2.78. The smallest absolute Gasteiger partial charge is 0.241 e. The summed E-state index contributed by atoms with van der Waals surface area (Å²) in [4.78, 5) is 14.6. The van der Waals surface area contributed by atoms with E-state index in [0.717, 1.165) is 24.3 Å². The van der Waals surface area contributed by atoms with Crippen molar-refractivity contribution in [2.45, 2.75) is 33.4 Å². The van der Waals surface area contributed by atoms with Crippen molar-refractivity contribution in [1.82, 2.24) is 4.90 Å². The van der Waals surface area contributed by atoms with Gasteiger partial charge in [-0.2, -0.15) is 0 Å². The quantitative estimate of drug-likeness (QED) is 0.884. The van der Waals surface area contributed by atoms with Gasteiger partial charge in [0.05, 0.1) is 6.04 Å². The first-order valence-electron chi connectivity index (χ1n) is 7.35. The molecule has 1 aliphatic rings. The van der Waals surface area contributed by atoms with Gasteiger partial charge in [-0.15, -0.1) is 0 Å². The van der Waals surface area contributed by atoms with Crippen LogP contribution >= 0.6 is 0 Å². The number of likely N-dealkylation sites (tertiary alicyclic amines) is 1. The lowest BCUT2D eigenvalue weighted by Crippen LogP contribution is -2.40. The fourth-order valence-corrected chi connectivity index (χ4v) is 2.63. The third-order valence-electron chi connectivity index (χ3n) is 4.40. The van der Waals surface area contributed by atoms with E-state index in [1.165, 1.54) is 0 Å². The van der Waals surface area contributed by atoms with Crippen molar-refractivity contribution in [2.75, 3.05) is 18.4 Å². The fraction of sp³-hybridized carbons (Fsp3) is 0.562. The summed E-state index contributed by atoms with van der Waals surface area (Å²) in [6.45, 7) is 9.01. The molecule has 3 unspecified atom stereocenters. The Labute approximate surface area is 121 Å². The highest BCUT2D eigenvalue weighted by atomic mass is 16.2. The molecule has 0 aliphatic carbocycles. The standard InChI is InChI=1S/C16H25N3O/c1-11-9-19(10-12(11)2)13(3)16(20)18-15-6-4-14(8-17)5-7-15/h4-7,11-13H,8-10,17H2,1-3H3,(H,18,20). The Balaban J connectivity index is 1.93. The van der Waals surface area contributed by atoms with Crippen LogP contribution in [-0.2, 0) is 11.3 Å². The number of nitrogens with two attached hydrogens (primary N) is 1. The normalized spacial score (nSPS) is 24.6. The predicted octanol–water partition coefficient (Wildman–Crippen LogP) is 2.06. The molecule has 1 aliphatic heterocycles. The number of benzene rings is 1. The number of hydrogen-bond acceptors (Lipinski definition) is 3. The second kappa shape index (κ2) is 6.37. The van der Waals surface area contributed by atoms with Crippen LogP contribution in [0.3, 0.4) is 0 Å². The molecular weight excluding hydrogens is 250 g/mol. The van der Waals surface area contributed by atoms with Gasteiger partial charge in [0.1, 0.15) is 0 Å². The Bertz CT molecular complexity index is 447. The minimum absolute atomic E-state index is 0.0619. The molecule has 0 aromatic heterocycles. The lowest BCUT2D eigenvalue weighted by Gasteiger charge is -2.23. The summed E-state index contributed by atoms with van der Waals surface area (Å²) in [6.07, 6.45) is 0. The topological polar surface area (TPSA) is 58.4 Å². The highest BCUT2D eigenvalue weighted by molar-refractivity contribution is 5.94. The highest BCUT2D eigenvalue weighted by Crippen LogP contribution is 2.24. The molecule has 4 nitrogen and oxygen atoms in total. The maximum absolute atomic E-state index is 12.3. The zero-order valence-corrected chi connectivity index (χ0v) is 12.6. The molecule has 1 saturated heterocycles. The van der Waals surface area contributed by atoms with Crippen molar-refractivity contribution in [1.29, 1.82) is 0 Å². The third kappa shape index (κ3) is 3.38. The third-order valence-corrected chi connectivity index (χ3v) is 4.40. The van der Waals surface area contributed by atoms with Crippen molar-refractivity contribution >= 4 is 11.6 Å². The van der Waals surface area contributed by atoms with Crippen molar-refractivity contribution < 1.29 is 4.79 Å². The zero-order chi connectivity index (χ0) is 14.7. The van der Waals surface area contributed by atoms with E-state index in [1.807, 2.05) is 31.2 Å². The van der Waals surface area contributed by atoms with E-state index < -0.39 is 0 Å². The fourth-order valence-electron chi connectivity index (χ4n) is 2.63. The molecule has 0 spiro atoms. The average molecular weight is 275 g/mol.